The number of carboxylic acids is 1. The molecule has 2 unspecified atom stereocenters. The molecule has 1 aromatic carbocycles. The fraction of sp³-hybridized carbons (Fsp3) is 0.412. The van der Waals surface area contributed by atoms with Crippen molar-refractivity contribution in [2.75, 3.05) is 20.7 Å². The molecule has 1 aliphatic heterocycles. The van der Waals surface area contributed by atoms with Crippen molar-refractivity contribution in [2.24, 2.45) is 0 Å². The van der Waals surface area contributed by atoms with E-state index in [0.717, 1.165) is 9.80 Å². The first kappa shape index (κ1) is 19.2. The average Bonchev–Trinajstić information content (AvgIpc) is 2.84. The van der Waals surface area contributed by atoms with Crippen LogP contribution in [0.3, 0.4) is 0 Å². The molecule has 1 heterocycles. The number of amides is 4. The Morgan fingerprint density at radius 1 is 1.31 bits per heavy atom. The van der Waals surface area contributed by atoms with Crippen LogP contribution in [0.2, 0.25) is 0 Å². The fourth-order valence-electron chi connectivity index (χ4n) is 2.59. The quantitative estimate of drug-likeness (QED) is 0.707. The van der Waals surface area contributed by atoms with E-state index in [1.54, 1.807) is 31.2 Å². The summed E-state index contributed by atoms with van der Waals surface area (Å²) in [7, 11) is 2.82. The second-order valence-electron chi connectivity index (χ2n) is 6.19. The van der Waals surface area contributed by atoms with E-state index >= 15 is 0 Å². The first-order valence-corrected chi connectivity index (χ1v) is 7.89. The SMILES string of the molecule is COc1ccc(C2(C)NC(=O)N(CC(=O)N(C)C(C)C(=O)O)C2=O)cc1. The Morgan fingerprint density at radius 2 is 1.88 bits per heavy atom. The maximum absolute atomic E-state index is 12.8. The molecule has 2 rings (SSSR count). The molecule has 0 aromatic heterocycles. The molecule has 2 atom stereocenters. The highest BCUT2D eigenvalue weighted by Crippen LogP contribution is 2.30. The van der Waals surface area contributed by atoms with E-state index in [4.69, 9.17) is 9.84 Å². The number of likely N-dealkylation sites (N-methyl/N-ethyl adjacent to an activating group) is 1. The van der Waals surface area contributed by atoms with Crippen molar-refractivity contribution in [1.82, 2.24) is 15.1 Å². The number of urea groups is 1. The molecule has 0 saturated carbocycles. The number of carboxylic acid groups (broad SMARTS) is 1. The zero-order valence-corrected chi connectivity index (χ0v) is 15.0. The van der Waals surface area contributed by atoms with Gasteiger partial charge in [-0.2, -0.15) is 0 Å². The highest BCUT2D eigenvalue weighted by atomic mass is 16.5. The van der Waals surface area contributed by atoms with Crippen LogP contribution in [0.25, 0.3) is 0 Å². The van der Waals surface area contributed by atoms with Gasteiger partial charge in [0.05, 0.1) is 7.11 Å². The predicted molar refractivity (Wildman–Crippen MR) is 90.5 cm³/mol. The van der Waals surface area contributed by atoms with Crippen molar-refractivity contribution in [3.63, 3.8) is 0 Å². The van der Waals surface area contributed by atoms with Gasteiger partial charge >= 0.3 is 12.0 Å². The molecule has 9 heteroatoms. The molecule has 1 saturated heterocycles. The summed E-state index contributed by atoms with van der Waals surface area (Å²) < 4.78 is 5.07. The van der Waals surface area contributed by atoms with Crippen LogP contribution < -0.4 is 10.1 Å². The summed E-state index contributed by atoms with van der Waals surface area (Å²) in [5.74, 6) is -1.81. The summed E-state index contributed by atoms with van der Waals surface area (Å²) in [5, 5.41) is 11.6. The molecule has 0 bridgehead atoms. The van der Waals surface area contributed by atoms with Crippen molar-refractivity contribution in [3.05, 3.63) is 29.8 Å². The lowest BCUT2D eigenvalue weighted by atomic mass is 9.92. The number of nitrogens with zero attached hydrogens (tertiary/aromatic N) is 2. The fourth-order valence-corrected chi connectivity index (χ4v) is 2.59. The molecular formula is C17H21N3O6. The second-order valence-corrected chi connectivity index (χ2v) is 6.19. The van der Waals surface area contributed by atoms with E-state index < -0.39 is 41.9 Å². The Labute approximate surface area is 150 Å². The Hall–Kier alpha value is -3.10. The Bertz CT molecular complexity index is 747. The summed E-state index contributed by atoms with van der Waals surface area (Å²) in [6.45, 7) is 2.35. The number of carbonyl (C=O) groups is 4. The second kappa shape index (κ2) is 7.03. The molecule has 140 valence electrons. The zero-order chi connectivity index (χ0) is 19.6. The molecule has 0 aliphatic carbocycles. The third-order valence-corrected chi connectivity index (χ3v) is 4.57. The zero-order valence-electron chi connectivity index (χ0n) is 15.0. The van der Waals surface area contributed by atoms with Gasteiger partial charge in [-0.25, -0.2) is 9.59 Å². The molecule has 1 aliphatic rings. The number of rotatable bonds is 6. The molecule has 0 spiro atoms. The average molecular weight is 363 g/mol. The number of benzene rings is 1. The minimum atomic E-state index is -1.32. The van der Waals surface area contributed by atoms with Crippen molar-refractivity contribution in [1.29, 1.82) is 0 Å². The highest BCUT2D eigenvalue weighted by Gasteiger charge is 2.49. The van der Waals surface area contributed by atoms with Gasteiger partial charge in [0.15, 0.2) is 0 Å². The highest BCUT2D eigenvalue weighted by molar-refractivity contribution is 6.09. The number of nitrogens with one attached hydrogen (secondary N) is 1. The predicted octanol–water partition coefficient (Wildman–Crippen LogP) is 0.394. The standard InChI is InChI=1S/C17H21N3O6/c1-10(14(22)23)19(3)13(21)9-20-15(24)17(2,18-16(20)25)11-5-7-12(26-4)8-6-11/h5-8,10H,9H2,1-4H3,(H,18,25)(H,22,23). The first-order chi connectivity index (χ1) is 12.1. The number of hydrogen-bond acceptors (Lipinski definition) is 5. The topological polar surface area (TPSA) is 116 Å². The van der Waals surface area contributed by atoms with Crippen molar-refractivity contribution in [2.45, 2.75) is 25.4 Å². The molecule has 26 heavy (non-hydrogen) atoms. The van der Waals surface area contributed by atoms with Gasteiger partial charge in [-0.15, -0.1) is 0 Å². The monoisotopic (exact) mass is 363 g/mol. The first-order valence-electron chi connectivity index (χ1n) is 7.89. The lowest BCUT2D eigenvalue weighted by Crippen LogP contribution is -2.47. The van der Waals surface area contributed by atoms with Crippen molar-refractivity contribution in [3.8, 4) is 5.75 Å². The Morgan fingerprint density at radius 3 is 2.38 bits per heavy atom. The lowest BCUT2D eigenvalue weighted by Gasteiger charge is -2.25. The van der Waals surface area contributed by atoms with Crippen LogP contribution in [0.5, 0.6) is 5.75 Å². The van der Waals surface area contributed by atoms with Crippen LogP contribution in [-0.2, 0) is 19.9 Å². The van der Waals surface area contributed by atoms with Crippen molar-refractivity contribution < 1.29 is 29.0 Å². The molecular weight excluding hydrogens is 342 g/mol. The van der Waals surface area contributed by atoms with Gasteiger partial charge in [-0.05, 0) is 31.5 Å². The summed E-state index contributed by atoms with van der Waals surface area (Å²) in [5.41, 5.74) is -0.778. The minimum Gasteiger partial charge on any atom is -0.497 e. The summed E-state index contributed by atoms with van der Waals surface area (Å²) in [6, 6.07) is 4.85. The number of aliphatic carboxylic acids is 1. The van der Waals surface area contributed by atoms with Crippen molar-refractivity contribution >= 4 is 23.8 Å². The Kier molecular flexibility index (Phi) is 5.20. The smallest absolute Gasteiger partial charge is 0.326 e. The van der Waals surface area contributed by atoms with Gasteiger partial charge in [0.2, 0.25) is 5.91 Å². The molecule has 9 nitrogen and oxygen atoms in total. The van der Waals surface area contributed by atoms with Gasteiger partial charge in [-0.3, -0.25) is 14.5 Å². The third kappa shape index (κ3) is 3.32. The number of hydrogen-bond donors (Lipinski definition) is 2. The molecule has 4 amide bonds. The van der Waals surface area contributed by atoms with E-state index in [9.17, 15) is 19.2 Å². The van der Waals surface area contributed by atoms with E-state index in [0.29, 0.717) is 11.3 Å². The molecule has 1 fully saturated rings. The lowest BCUT2D eigenvalue weighted by molar-refractivity contribution is -0.149. The molecule has 2 N–H and O–H groups in total. The number of carbonyl (C=O) groups excluding carboxylic acids is 3. The molecule has 0 radical (unpaired) electrons. The van der Waals surface area contributed by atoms with Gasteiger partial charge in [-0.1, -0.05) is 12.1 Å². The normalized spacial score (nSPS) is 20.5. The van der Waals surface area contributed by atoms with Gasteiger partial charge in [0.1, 0.15) is 23.9 Å². The largest absolute Gasteiger partial charge is 0.497 e. The number of imide groups is 1. The maximum Gasteiger partial charge on any atom is 0.326 e. The van der Waals surface area contributed by atoms with Gasteiger partial charge < -0.3 is 20.1 Å². The molecule has 1 aromatic rings. The van der Waals surface area contributed by atoms with Crippen LogP contribution in [0.4, 0.5) is 4.79 Å². The van der Waals surface area contributed by atoms with E-state index in [2.05, 4.69) is 5.32 Å². The number of ether oxygens (including phenoxy) is 1. The summed E-state index contributed by atoms with van der Waals surface area (Å²) >= 11 is 0. The van der Waals surface area contributed by atoms with E-state index in [1.807, 2.05) is 0 Å². The summed E-state index contributed by atoms with van der Waals surface area (Å²) in [6.07, 6.45) is 0. The van der Waals surface area contributed by atoms with Gasteiger partial charge in [0.25, 0.3) is 5.91 Å². The maximum atomic E-state index is 12.8. The van der Waals surface area contributed by atoms with Crippen LogP contribution in [0.1, 0.15) is 19.4 Å². The van der Waals surface area contributed by atoms with Gasteiger partial charge in [0, 0.05) is 7.05 Å². The summed E-state index contributed by atoms with van der Waals surface area (Å²) in [4.78, 5) is 50.0. The van der Waals surface area contributed by atoms with Crippen LogP contribution in [0, 0.1) is 0 Å². The Balaban J connectivity index is 2.19. The van der Waals surface area contributed by atoms with E-state index in [1.165, 1.54) is 21.1 Å². The van der Waals surface area contributed by atoms with Crippen LogP contribution >= 0.6 is 0 Å². The number of methoxy groups -OCH3 is 1. The van der Waals surface area contributed by atoms with Crippen LogP contribution in [-0.4, -0.2) is 65.5 Å². The minimum absolute atomic E-state index is 0.537. The van der Waals surface area contributed by atoms with E-state index in [-0.39, 0.29) is 0 Å². The third-order valence-electron chi connectivity index (χ3n) is 4.57. The van der Waals surface area contributed by atoms with Crippen LogP contribution in [0.15, 0.2) is 24.3 Å².